The molecule has 5 aromatic rings. The number of nitrogens with one attached hydrogen (secondary N) is 1. The largest absolute Gasteiger partial charge is 0.407 e. The van der Waals surface area contributed by atoms with Gasteiger partial charge in [0.2, 0.25) is 5.91 Å². The van der Waals surface area contributed by atoms with Crippen LogP contribution in [0, 0.1) is 5.92 Å². The lowest BCUT2D eigenvalue weighted by atomic mass is 9.83. The van der Waals surface area contributed by atoms with Crippen molar-refractivity contribution in [1.29, 1.82) is 0 Å². The smallest absolute Gasteiger partial charge is 0.262 e. The van der Waals surface area contributed by atoms with E-state index in [4.69, 9.17) is 21.0 Å². The molecule has 8 heteroatoms. The van der Waals surface area contributed by atoms with Gasteiger partial charge in [0.15, 0.2) is 0 Å². The molecule has 0 aliphatic heterocycles. The van der Waals surface area contributed by atoms with Gasteiger partial charge in [0, 0.05) is 29.2 Å². The quantitative estimate of drug-likeness (QED) is 0.159. The maximum absolute atomic E-state index is 14.0. The molecule has 1 aliphatic carbocycles. The number of carbonyl (C=O) groups is 1. The van der Waals surface area contributed by atoms with E-state index in [2.05, 4.69) is 92.8 Å². The van der Waals surface area contributed by atoms with Crippen molar-refractivity contribution in [2.45, 2.75) is 58.7 Å². The molecular weight excluding hydrogens is 634 g/mol. The number of amides is 1. The second-order valence-electron chi connectivity index (χ2n) is 13.9. The van der Waals surface area contributed by atoms with E-state index in [9.17, 15) is 9.59 Å². The van der Waals surface area contributed by atoms with Crippen molar-refractivity contribution in [3.05, 3.63) is 130 Å². The van der Waals surface area contributed by atoms with E-state index in [0.717, 1.165) is 12.0 Å². The number of hydrogen-bond donors (Lipinski definition) is 1. The second kappa shape index (κ2) is 13.7. The molecule has 1 aliphatic rings. The lowest BCUT2D eigenvalue weighted by molar-refractivity contribution is -0.122. The van der Waals surface area contributed by atoms with Crippen LogP contribution in [0.15, 0.2) is 114 Å². The van der Waals surface area contributed by atoms with Crippen LogP contribution in [0.2, 0.25) is 10.1 Å². The van der Waals surface area contributed by atoms with E-state index >= 15 is 0 Å². The molecule has 1 aromatic heterocycles. The van der Waals surface area contributed by atoms with Crippen LogP contribution < -0.4 is 21.2 Å². The van der Waals surface area contributed by atoms with Gasteiger partial charge < -0.3 is 9.74 Å². The van der Waals surface area contributed by atoms with Gasteiger partial charge in [-0.15, -0.1) is 0 Å². The summed E-state index contributed by atoms with van der Waals surface area (Å²) in [6.45, 7) is 11.1. The molecule has 48 heavy (non-hydrogen) atoms. The van der Waals surface area contributed by atoms with Crippen molar-refractivity contribution in [3.63, 3.8) is 0 Å². The van der Waals surface area contributed by atoms with Crippen molar-refractivity contribution in [3.8, 4) is 11.4 Å². The molecule has 6 rings (SSSR count). The minimum atomic E-state index is -2.63. The Balaban J connectivity index is 1.31. The fourth-order valence-electron chi connectivity index (χ4n) is 6.77. The normalized spacial score (nSPS) is 14.9. The molecule has 0 bridgehead atoms. The summed E-state index contributed by atoms with van der Waals surface area (Å²) in [6, 6.07) is 34.4. The van der Waals surface area contributed by atoms with E-state index in [1.54, 1.807) is 12.1 Å². The van der Waals surface area contributed by atoms with Crippen LogP contribution in [0.25, 0.3) is 27.9 Å². The van der Waals surface area contributed by atoms with Crippen LogP contribution in [-0.4, -0.2) is 36.4 Å². The molecule has 1 atom stereocenters. The Kier molecular flexibility index (Phi) is 9.57. The van der Waals surface area contributed by atoms with Gasteiger partial charge in [-0.1, -0.05) is 117 Å². The van der Waals surface area contributed by atoms with Gasteiger partial charge in [-0.25, -0.2) is 4.98 Å². The maximum atomic E-state index is 14.0. The third-order valence-electron chi connectivity index (χ3n) is 9.01. The molecule has 246 valence electrons. The number of rotatable bonds is 10. The Hall–Kier alpha value is -4.30. The van der Waals surface area contributed by atoms with Crippen molar-refractivity contribution in [1.82, 2.24) is 14.9 Å². The summed E-state index contributed by atoms with van der Waals surface area (Å²) in [4.78, 5) is 31.8. The average molecular weight is 676 g/mol. The molecule has 1 unspecified atom stereocenters. The summed E-state index contributed by atoms with van der Waals surface area (Å²) < 4.78 is 8.62. The number of benzene rings is 4. The molecule has 0 saturated carbocycles. The molecule has 4 aromatic carbocycles. The molecule has 1 amide bonds. The number of nitrogens with zero attached hydrogens (tertiary/aromatic N) is 2. The zero-order valence-electron chi connectivity index (χ0n) is 28.2. The molecule has 1 N–H and O–H groups in total. The Morgan fingerprint density at radius 1 is 0.938 bits per heavy atom. The Labute approximate surface area is 288 Å². The lowest BCUT2D eigenvalue weighted by Gasteiger charge is -2.44. The third kappa shape index (κ3) is 6.68. The molecule has 0 spiro atoms. The summed E-state index contributed by atoms with van der Waals surface area (Å²) in [5, 5.41) is 6.34. The molecule has 0 fully saturated rings. The summed E-state index contributed by atoms with van der Waals surface area (Å²) in [5.74, 6) is 0.417. The first-order valence-electron chi connectivity index (χ1n) is 16.5. The highest BCUT2D eigenvalue weighted by molar-refractivity contribution is 6.99. The minimum absolute atomic E-state index is 0.0538. The van der Waals surface area contributed by atoms with Crippen LogP contribution in [0.5, 0.6) is 0 Å². The fourth-order valence-corrected chi connectivity index (χ4v) is 11.6. The van der Waals surface area contributed by atoms with Gasteiger partial charge in [-0.05, 0) is 71.1 Å². The zero-order valence-corrected chi connectivity index (χ0v) is 29.9. The maximum Gasteiger partial charge on any atom is 0.262 e. The van der Waals surface area contributed by atoms with E-state index in [1.165, 1.54) is 20.5 Å². The highest BCUT2D eigenvalue weighted by Crippen LogP contribution is 2.40. The van der Waals surface area contributed by atoms with Crippen LogP contribution in [0.4, 0.5) is 0 Å². The fraction of sp³-hybridized carbons (Fsp3) is 0.275. The number of halogens is 1. The first-order chi connectivity index (χ1) is 23.0. The Morgan fingerprint density at radius 3 is 2.17 bits per heavy atom. The number of hydrogen-bond acceptors (Lipinski definition) is 4. The monoisotopic (exact) mass is 675 g/mol. The zero-order chi connectivity index (χ0) is 34.1. The second-order valence-corrected chi connectivity index (χ2v) is 18.7. The van der Waals surface area contributed by atoms with Crippen LogP contribution in [0.1, 0.15) is 46.6 Å². The summed E-state index contributed by atoms with van der Waals surface area (Å²) in [7, 11) is -2.63. The Morgan fingerprint density at radius 2 is 1.58 bits per heavy atom. The summed E-state index contributed by atoms with van der Waals surface area (Å²) >= 11 is 6.29. The summed E-state index contributed by atoms with van der Waals surface area (Å²) in [5.41, 5.74) is 3.15. The Bertz CT molecular complexity index is 2000. The molecule has 6 nitrogen and oxygen atoms in total. The van der Waals surface area contributed by atoms with Crippen molar-refractivity contribution < 1.29 is 9.22 Å². The highest BCUT2D eigenvalue weighted by atomic mass is 35.5. The van der Waals surface area contributed by atoms with Crippen LogP contribution in [0.3, 0.4) is 0 Å². The number of fused-ring (bicyclic) bond motifs is 1. The molecule has 1 heterocycles. The highest BCUT2D eigenvalue weighted by Gasteiger charge is 2.50. The van der Waals surface area contributed by atoms with Gasteiger partial charge in [-0.2, -0.15) is 0 Å². The SMILES string of the molecule is CC(C)NC(=O)Cn1c(-c2cccc(Cl)c2)nc2ccc(C3=CC(CO[Si](c4ccccc4)(c4ccccc4)C(C)(C)C)C3)cc2c1=O. The first kappa shape index (κ1) is 33.6. The third-order valence-corrected chi connectivity index (χ3v) is 14.2. The van der Waals surface area contributed by atoms with E-state index in [0.29, 0.717) is 33.9 Å². The van der Waals surface area contributed by atoms with Gasteiger partial charge in [0.05, 0.1) is 10.9 Å². The van der Waals surface area contributed by atoms with Gasteiger partial charge in [0.25, 0.3) is 13.9 Å². The van der Waals surface area contributed by atoms with Gasteiger partial charge >= 0.3 is 0 Å². The minimum Gasteiger partial charge on any atom is -0.407 e. The van der Waals surface area contributed by atoms with Crippen molar-refractivity contribution in [2.75, 3.05) is 6.61 Å². The lowest BCUT2D eigenvalue weighted by Crippen LogP contribution is -2.67. The number of aromatic nitrogens is 2. The summed E-state index contributed by atoms with van der Waals surface area (Å²) in [6.07, 6.45) is 3.12. The number of carbonyl (C=O) groups excluding carboxylic acids is 1. The van der Waals surface area contributed by atoms with Crippen LogP contribution in [-0.2, 0) is 15.8 Å². The predicted molar refractivity (Wildman–Crippen MR) is 199 cm³/mol. The van der Waals surface area contributed by atoms with E-state index < -0.39 is 8.32 Å². The van der Waals surface area contributed by atoms with Crippen LogP contribution >= 0.6 is 11.6 Å². The van der Waals surface area contributed by atoms with Gasteiger partial charge in [0.1, 0.15) is 12.4 Å². The predicted octanol–water partition coefficient (Wildman–Crippen LogP) is 7.22. The first-order valence-corrected chi connectivity index (χ1v) is 18.8. The van der Waals surface area contributed by atoms with Gasteiger partial charge in [-0.3, -0.25) is 14.2 Å². The van der Waals surface area contributed by atoms with Crippen molar-refractivity contribution in [2.24, 2.45) is 5.92 Å². The van der Waals surface area contributed by atoms with E-state index in [-0.39, 0.29) is 35.0 Å². The molecular formula is C40H42ClN3O3Si. The molecule has 0 saturated heterocycles. The number of allylic oxidation sites excluding steroid dienone is 1. The van der Waals surface area contributed by atoms with E-state index in [1.807, 2.05) is 44.2 Å². The van der Waals surface area contributed by atoms with Crippen molar-refractivity contribution >= 4 is 52.7 Å². The average Bonchev–Trinajstić information content (AvgIpc) is 3.03. The topological polar surface area (TPSA) is 73.2 Å². The standard InChI is InChI=1S/C40H42ClN3O3Si/c1-27(2)42-37(45)25-44-38(30-13-12-14-32(41)23-30)43-36-20-19-29(24-35(36)39(44)46)31-21-28(22-31)26-47-48(40(3,4)5,33-15-8-6-9-16-33)34-17-10-7-11-18-34/h6-21,23-24,27-28H,22,25-26H2,1-5H3,(H,42,45). The molecule has 0 radical (unpaired) electrons.